The van der Waals surface area contributed by atoms with Crippen LogP contribution in [0.2, 0.25) is 5.02 Å². The van der Waals surface area contributed by atoms with Gasteiger partial charge in [-0.2, -0.15) is 0 Å². The van der Waals surface area contributed by atoms with Crippen LogP contribution >= 0.6 is 22.9 Å². The van der Waals surface area contributed by atoms with Gasteiger partial charge in [0.05, 0.1) is 44.7 Å². The summed E-state index contributed by atoms with van der Waals surface area (Å²) in [5, 5.41) is 2.22. The molecule has 1 fully saturated rings. The zero-order valence-corrected chi connectivity index (χ0v) is 20.4. The van der Waals surface area contributed by atoms with Crippen LogP contribution in [0.3, 0.4) is 0 Å². The highest BCUT2D eigenvalue weighted by Crippen LogP contribution is 2.43. The third kappa shape index (κ3) is 4.04. The first kappa shape index (κ1) is 22.0. The fourth-order valence-corrected chi connectivity index (χ4v) is 5.90. The Balaban J connectivity index is 1.63. The minimum atomic E-state index is -0.138. The number of thiophene rings is 1. The van der Waals surface area contributed by atoms with Gasteiger partial charge < -0.3 is 9.64 Å². The molecule has 0 N–H and O–H groups in total. The first-order valence-electron chi connectivity index (χ1n) is 11.5. The number of hydrogen-bond donors (Lipinski definition) is 0. The number of rotatable bonds is 4. The molecule has 0 spiro atoms. The summed E-state index contributed by atoms with van der Waals surface area (Å²) in [7, 11) is 0. The Kier molecular flexibility index (Phi) is 5.86. The van der Waals surface area contributed by atoms with Crippen LogP contribution in [0.25, 0.3) is 38.4 Å². The van der Waals surface area contributed by atoms with Gasteiger partial charge in [0, 0.05) is 18.7 Å². The van der Waals surface area contributed by atoms with Crippen LogP contribution in [0.15, 0.2) is 89.7 Å². The van der Waals surface area contributed by atoms with Crippen LogP contribution in [-0.4, -0.2) is 35.9 Å². The Morgan fingerprint density at radius 3 is 2.40 bits per heavy atom. The summed E-state index contributed by atoms with van der Waals surface area (Å²) >= 11 is 8.24. The molecule has 174 valence electrons. The maximum Gasteiger partial charge on any atom is 0.266 e. The molecule has 5 aromatic rings. The SMILES string of the molecule is O=c1c2ccccc2nc(-c2cc(-c3ccccc3)c(N3CCOCC3)s2)n1-c1ccccc1Cl. The molecule has 1 aliphatic rings. The third-order valence-electron chi connectivity index (χ3n) is 6.19. The maximum absolute atomic E-state index is 13.8. The number of benzene rings is 3. The minimum Gasteiger partial charge on any atom is -0.378 e. The Hall–Kier alpha value is -3.45. The molecule has 35 heavy (non-hydrogen) atoms. The van der Waals surface area contributed by atoms with Crippen LogP contribution in [0.5, 0.6) is 0 Å². The molecule has 1 saturated heterocycles. The van der Waals surface area contributed by atoms with Crippen molar-refractivity contribution in [3.8, 4) is 27.5 Å². The second-order valence-corrected chi connectivity index (χ2v) is 9.78. The number of ether oxygens (including phenoxy) is 1. The highest BCUT2D eigenvalue weighted by molar-refractivity contribution is 7.20. The predicted molar refractivity (Wildman–Crippen MR) is 144 cm³/mol. The molecule has 3 heterocycles. The maximum atomic E-state index is 13.8. The normalized spacial score (nSPS) is 13.9. The van der Waals surface area contributed by atoms with Crippen LogP contribution in [0, 0.1) is 0 Å². The van der Waals surface area contributed by atoms with Gasteiger partial charge in [-0.15, -0.1) is 11.3 Å². The van der Waals surface area contributed by atoms with E-state index < -0.39 is 0 Å². The van der Waals surface area contributed by atoms with Gasteiger partial charge in [0.2, 0.25) is 0 Å². The number of para-hydroxylation sites is 2. The van der Waals surface area contributed by atoms with Crippen molar-refractivity contribution in [1.29, 1.82) is 0 Å². The zero-order chi connectivity index (χ0) is 23.8. The van der Waals surface area contributed by atoms with Gasteiger partial charge >= 0.3 is 0 Å². The lowest BCUT2D eigenvalue weighted by atomic mass is 10.1. The van der Waals surface area contributed by atoms with E-state index in [1.165, 1.54) is 0 Å². The molecule has 7 heteroatoms. The smallest absolute Gasteiger partial charge is 0.266 e. The summed E-state index contributed by atoms with van der Waals surface area (Å²) in [5.41, 5.74) is 3.40. The molecule has 2 aromatic heterocycles. The van der Waals surface area contributed by atoms with Crippen LogP contribution in [0.4, 0.5) is 5.00 Å². The Bertz CT molecular complexity index is 1570. The molecule has 0 radical (unpaired) electrons. The van der Waals surface area contributed by atoms with E-state index in [-0.39, 0.29) is 5.56 Å². The first-order valence-corrected chi connectivity index (χ1v) is 12.7. The van der Waals surface area contributed by atoms with Gasteiger partial charge in [-0.05, 0) is 35.9 Å². The molecule has 5 nitrogen and oxygen atoms in total. The van der Waals surface area contributed by atoms with Crippen molar-refractivity contribution in [1.82, 2.24) is 9.55 Å². The molecule has 0 amide bonds. The van der Waals surface area contributed by atoms with E-state index in [0.29, 0.717) is 40.7 Å². The van der Waals surface area contributed by atoms with Crippen molar-refractivity contribution in [3.63, 3.8) is 0 Å². The van der Waals surface area contributed by atoms with Gasteiger partial charge in [-0.25, -0.2) is 4.98 Å². The molecule has 3 aromatic carbocycles. The van der Waals surface area contributed by atoms with Crippen molar-refractivity contribution in [2.75, 3.05) is 31.2 Å². The topological polar surface area (TPSA) is 47.4 Å². The highest BCUT2D eigenvalue weighted by Gasteiger charge is 2.23. The summed E-state index contributed by atoms with van der Waals surface area (Å²) in [6, 6.07) is 27.3. The average molecular weight is 500 g/mol. The molecule has 0 aliphatic carbocycles. The lowest BCUT2D eigenvalue weighted by molar-refractivity contribution is 0.123. The number of morpholine rings is 1. The van der Waals surface area contributed by atoms with E-state index in [4.69, 9.17) is 21.3 Å². The van der Waals surface area contributed by atoms with Crippen molar-refractivity contribution < 1.29 is 4.74 Å². The Morgan fingerprint density at radius 1 is 0.886 bits per heavy atom. The fraction of sp³-hybridized carbons (Fsp3) is 0.143. The molecular weight excluding hydrogens is 478 g/mol. The largest absolute Gasteiger partial charge is 0.378 e. The summed E-state index contributed by atoms with van der Waals surface area (Å²) < 4.78 is 7.25. The van der Waals surface area contributed by atoms with E-state index in [0.717, 1.165) is 34.1 Å². The summed E-state index contributed by atoms with van der Waals surface area (Å²) in [5.74, 6) is 0.587. The minimum absolute atomic E-state index is 0.138. The van der Waals surface area contributed by atoms with E-state index in [9.17, 15) is 4.79 Å². The number of aromatic nitrogens is 2. The molecular formula is C28H22ClN3O2S. The zero-order valence-electron chi connectivity index (χ0n) is 18.9. The number of nitrogens with zero attached hydrogens (tertiary/aromatic N) is 3. The van der Waals surface area contributed by atoms with Crippen LogP contribution in [0.1, 0.15) is 0 Å². The third-order valence-corrected chi connectivity index (χ3v) is 7.70. The standard InChI is InChI=1S/C28H22ClN3O2S/c29-22-11-5-7-13-24(22)32-26(30-23-12-6-4-10-20(23)27(32)33)25-18-21(19-8-2-1-3-9-19)28(35-25)31-14-16-34-17-15-31/h1-13,18H,14-17H2. The highest BCUT2D eigenvalue weighted by atomic mass is 35.5. The molecule has 6 rings (SSSR count). The van der Waals surface area contributed by atoms with E-state index >= 15 is 0 Å². The Morgan fingerprint density at radius 2 is 1.60 bits per heavy atom. The molecule has 0 saturated carbocycles. The molecule has 0 atom stereocenters. The number of fused-ring (bicyclic) bond motifs is 1. The lowest BCUT2D eigenvalue weighted by Crippen LogP contribution is -2.35. The van der Waals surface area contributed by atoms with Crippen molar-refractivity contribution in [3.05, 3.63) is 100 Å². The molecule has 0 unspecified atom stereocenters. The van der Waals surface area contributed by atoms with Gasteiger partial charge in [-0.3, -0.25) is 9.36 Å². The van der Waals surface area contributed by atoms with Gasteiger partial charge in [0.1, 0.15) is 0 Å². The van der Waals surface area contributed by atoms with E-state index in [1.807, 2.05) is 60.7 Å². The second-order valence-electron chi connectivity index (χ2n) is 8.34. The quantitative estimate of drug-likeness (QED) is 0.292. The molecule has 0 bridgehead atoms. The number of hydrogen-bond acceptors (Lipinski definition) is 5. The molecule has 1 aliphatic heterocycles. The van der Waals surface area contributed by atoms with E-state index in [2.05, 4.69) is 23.1 Å². The first-order chi connectivity index (χ1) is 17.2. The lowest BCUT2D eigenvalue weighted by Gasteiger charge is -2.28. The summed E-state index contributed by atoms with van der Waals surface area (Å²) in [4.78, 5) is 22.0. The second kappa shape index (κ2) is 9.30. The summed E-state index contributed by atoms with van der Waals surface area (Å²) in [6.07, 6.45) is 0. The summed E-state index contributed by atoms with van der Waals surface area (Å²) in [6.45, 7) is 3.03. The fourth-order valence-electron chi connectivity index (χ4n) is 4.47. The van der Waals surface area contributed by atoms with Crippen molar-refractivity contribution in [2.45, 2.75) is 0 Å². The number of halogens is 1. The monoisotopic (exact) mass is 499 g/mol. The van der Waals surface area contributed by atoms with Gasteiger partial charge in [-0.1, -0.05) is 66.2 Å². The average Bonchev–Trinajstić information content (AvgIpc) is 3.36. The van der Waals surface area contributed by atoms with Crippen molar-refractivity contribution >= 4 is 38.8 Å². The number of anilines is 1. The van der Waals surface area contributed by atoms with Crippen LogP contribution < -0.4 is 10.5 Å². The van der Waals surface area contributed by atoms with Gasteiger partial charge in [0.15, 0.2) is 5.82 Å². The van der Waals surface area contributed by atoms with Gasteiger partial charge in [0.25, 0.3) is 5.56 Å². The van der Waals surface area contributed by atoms with Crippen molar-refractivity contribution in [2.24, 2.45) is 0 Å². The van der Waals surface area contributed by atoms with Crippen LogP contribution in [-0.2, 0) is 4.74 Å². The van der Waals surface area contributed by atoms with E-state index in [1.54, 1.807) is 22.0 Å². The predicted octanol–water partition coefficient (Wildman–Crippen LogP) is 6.27. The Labute approximate surface area is 211 Å².